The molecule has 22 heavy (non-hydrogen) atoms. The fourth-order valence-electron chi connectivity index (χ4n) is 1.88. The molecule has 0 aliphatic heterocycles. The molecular formula is C18H24ClNO2. The average molecular weight is 322 g/mol. The predicted octanol–water partition coefficient (Wildman–Crippen LogP) is 3.77. The van der Waals surface area contributed by atoms with Crippen molar-refractivity contribution in [2.45, 2.75) is 13.8 Å². The Balaban J connectivity index is 0.00000242. The molecule has 0 atom stereocenters. The number of aryl methyl sites for hydroxylation is 2. The quantitative estimate of drug-likeness (QED) is 0.751. The van der Waals surface area contributed by atoms with Crippen molar-refractivity contribution >= 4 is 12.4 Å². The van der Waals surface area contributed by atoms with Crippen LogP contribution in [0.1, 0.15) is 11.1 Å². The summed E-state index contributed by atoms with van der Waals surface area (Å²) in [6.07, 6.45) is 0. The highest BCUT2D eigenvalue weighted by molar-refractivity contribution is 5.85. The van der Waals surface area contributed by atoms with Gasteiger partial charge in [-0.2, -0.15) is 0 Å². The molecule has 4 heteroatoms. The zero-order chi connectivity index (χ0) is 14.9. The fourth-order valence-corrected chi connectivity index (χ4v) is 1.88. The lowest BCUT2D eigenvalue weighted by molar-refractivity contribution is 0.289. The molecule has 1 N–H and O–H groups in total. The summed E-state index contributed by atoms with van der Waals surface area (Å²) in [6.45, 7) is 7.08. The molecule has 0 spiro atoms. The summed E-state index contributed by atoms with van der Waals surface area (Å²) >= 11 is 0. The number of nitrogens with one attached hydrogen (secondary N) is 1. The molecule has 0 radical (unpaired) electrons. The number of hydrogen-bond donors (Lipinski definition) is 1. The zero-order valence-electron chi connectivity index (χ0n) is 13.2. The Morgan fingerprint density at radius 2 is 1.05 bits per heavy atom. The van der Waals surface area contributed by atoms with E-state index >= 15 is 0 Å². The van der Waals surface area contributed by atoms with Crippen molar-refractivity contribution in [3.05, 3.63) is 59.7 Å². The lowest BCUT2D eigenvalue weighted by atomic mass is 10.2. The fraction of sp³-hybridized carbons (Fsp3) is 0.333. The van der Waals surface area contributed by atoms with E-state index in [-0.39, 0.29) is 12.4 Å². The molecule has 2 rings (SSSR count). The van der Waals surface area contributed by atoms with E-state index in [0.29, 0.717) is 13.2 Å². The van der Waals surface area contributed by atoms with Gasteiger partial charge in [0.05, 0.1) is 0 Å². The summed E-state index contributed by atoms with van der Waals surface area (Å²) in [5, 5.41) is 3.30. The van der Waals surface area contributed by atoms with Crippen molar-refractivity contribution in [3.63, 3.8) is 0 Å². The van der Waals surface area contributed by atoms with E-state index in [1.54, 1.807) is 0 Å². The average Bonchev–Trinajstić information content (AvgIpc) is 2.50. The van der Waals surface area contributed by atoms with Crippen molar-refractivity contribution < 1.29 is 9.47 Å². The van der Waals surface area contributed by atoms with Crippen molar-refractivity contribution in [2.75, 3.05) is 26.3 Å². The Bertz CT molecular complexity index is 476. The maximum Gasteiger partial charge on any atom is 0.119 e. The van der Waals surface area contributed by atoms with Gasteiger partial charge in [-0.3, -0.25) is 0 Å². The van der Waals surface area contributed by atoms with Crippen LogP contribution in [0, 0.1) is 13.8 Å². The van der Waals surface area contributed by atoms with E-state index in [1.807, 2.05) is 24.3 Å². The summed E-state index contributed by atoms with van der Waals surface area (Å²) in [4.78, 5) is 0. The van der Waals surface area contributed by atoms with Crippen LogP contribution in [0.2, 0.25) is 0 Å². The third-order valence-electron chi connectivity index (χ3n) is 3.14. The Labute approximate surface area is 139 Å². The van der Waals surface area contributed by atoms with Crippen LogP contribution in [0.4, 0.5) is 0 Å². The monoisotopic (exact) mass is 321 g/mol. The molecule has 0 bridgehead atoms. The van der Waals surface area contributed by atoms with E-state index in [0.717, 1.165) is 24.6 Å². The molecule has 0 saturated heterocycles. The first-order valence-electron chi connectivity index (χ1n) is 7.34. The largest absolute Gasteiger partial charge is 0.492 e. The maximum atomic E-state index is 5.64. The molecule has 0 aromatic heterocycles. The Morgan fingerprint density at radius 1 is 0.682 bits per heavy atom. The second-order valence-electron chi connectivity index (χ2n) is 5.07. The van der Waals surface area contributed by atoms with Crippen LogP contribution in [0.25, 0.3) is 0 Å². The number of ether oxygens (including phenoxy) is 2. The smallest absolute Gasteiger partial charge is 0.119 e. The van der Waals surface area contributed by atoms with Gasteiger partial charge >= 0.3 is 0 Å². The molecular weight excluding hydrogens is 298 g/mol. The van der Waals surface area contributed by atoms with Gasteiger partial charge in [0.2, 0.25) is 0 Å². The Kier molecular flexibility index (Phi) is 8.41. The normalized spacial score (nSPS) is 9.91. The van der Waals surface area contributed by atoms with E-state index in [4.69, 9.17) is 9.47 Å². The predicted molar refractivity (Wildman–Crippen MR) is 93.5 cm³/mol. The first-order chi connectivity index (χ1) is 10.2. The third-order valence-corrected chi connectivity index (χ3v) is 3.14. The molecule has 2 aromatic rings. The van der Waals surface area contributed by atoms with Gasteiger partial charge in [0.15, 0.2) is 0 Å². The molecule has 0 heterocycles. The van der Waals surface area contributed by atoms with Gasteiger partial charge in [-0.1, -0.05) is 35.4 Å². The van der Waals surface area contributed by atoms with Crippen LogP contribution in [0.5, 0.6) is 11.5 Å². The third kappa shape index (κ3) is 6.83. The first-order valence-corrected chi connectivity index (χ1v) is 7.34. The Morgan fingerprint density at radius 3 is 1.41 bits per heavy atom. The van der Waals surface area contributed by atoms with Gasteiger partial charge in [-0.25, -0.2) is 0 Å². The highest BCUT2D eigenvalue weighted by Gasteiger charge is 1.95. The first kappa shape index (κ1) is 18.3. The summed E-state index contributed by atoms with van der Waals surface area (Å²) in [5.41, 5.74) is 2.49. The second kappa shape index (κ2) is 10.1. The summed E-state index contributed by atoms with van der Waals surface area (Å²) < 4.78 is 11.3. The van der Waals surface area contributed by atoms with E-state index < -0.39 is 0 Å². The molecule has 0 aliphatic rings. The standard InChI is InChI=1S/C18H23NO2.ClH/c1-15-3-7-17(8-4-15)20-13-11-19-12-14-21-18-9-5-16(2)6-10-18;/h3-10,19H,11-14H2,1-2H3;1H. The second-order valence-corrected chi connectivity index (χ2v) is 5.07. The number of hydrogen-bond acceptors (Lipinski definition) is 3. The van der Waals surface area contributed by atoms with Crippen molar-refractivity contribution in [3.8, 4) is 11.5 Å². The topological polar surface area (TPSA) is 30.5 Å². The number of halogens is 1. The molecule has 2 aromatic carbocycles. The SMILES string of the molecule is Cc1ccc(OCCNCCOc2ccc(C)cc2)cc1.Cl. The van der Waals surface area contributed by atoms with Crippen LogP contribution in [-0.4, -0.2) is 26.3 Å². The van der Waals surface area contributed by atoms with Gasteiger partial charge < -0.3 is 14.8 Å². The van der Waals surface area contributed by atoms with Crippen LogP contribution < -0.4 is 14.8 Å². The van der Waals surface area contributed by atoms with Gasteiger partial charge in [0.1, 0.15) is 24.7 Å². The lowest BCUT2D eigenvalue weighted by Gasteiger charge is -2.09. The van der Waals surface area contributed by atoms with E-state index in [9.17, 15) is 0 Å². The van der Waals surface area contributed by atoms with Gasteiger partial charge in [-0.15, -0.1) is 12.4 Å². The molecule has 0 amide bonds. The van der Waals surface area contributed by atoms with Gasteiger partial charge in [0, 0.05) is 13.1 Å². The lowest BCUT2D eigenvalue weighted by Crippen LogP contribution is -2.25. The molecule has 3 nitrogen and oxygen atoms in total. The molecule has 0 unspecified atom stereocenters. The minimum Gasteiger partial charge on any atom is -0.492 e. The number of rotatable bonds is 8. The van der Waals surface area contributed by atoms with Crippen molar-refractivity contribution in [1.29, 1.82) is 0 Å². The molecule has 0 aliphatic carbocycles. The summed E-state index contributed by atoms with van der Waals surface area (Å²) in [7, 11) is 0. The zero-order valence-corrected chi connectivity index (χ0v) is 14.0. The number of benzene rings is 2. The van der Waals surface area contributed by atoms with E-state index in [2.05, 4.69) is 43.4 Å². The van der Waals surface area contributed by atoms with Gasteiger partial charge in [-0.05, 0) is 38.1 Å². The highest BCUT2D eigenvalue weighted by atomic mass is 35.5. The van der Waals surface area contributed by atoms with Crippen LogP contribution in [0.15, 0.2) is 48.5 Å². The van der Waals surface area contributed by atoms with Crippen molar-refractivity contribution in [1.82, 2.24) is 5.32 Å². The summed E-state index contributed by atoms with van der Waals surface area (Å²) in [6, 6.07) is 16.2. The van der Waals surface area contributed by atoms with Crippen LogP contribution >= 0.6 is 12.4 Å². The van der Waals surface area contributed by atoms with E-state index in [1.165, 1.54) is 11.1 Å². The Hall–Kier alpha value is -1.71. The molecule has 120 valence electrons. The van der Waals surface area contributed by atoms with Crippen LogP contribution in [-0.2, 0) is 0 Å². The van der Waals surface area contributed by atoms with Crippen molar-refractivity contribution in [2.24, 2.45) is 0 Å². The summed E-state index contributed by atoms with van der Waals surface area (Å²) in [5.74, 6) is 1.83. The van der Waals surface area contributed by atoms with Crippen LogP contribution in [0.3, 0.4) is 0 Å². The maximum absolute atomic E-state index is 5.64. The van der Waals surface area contributed by atoms with Gasteiger partial charge in [0.25, 0.3) is 0 Å². The minimum absolute atomic E-state index is 0. The minimum atomic E-state index is 0. The molecule has 0 saturated carbocycles. The highest BCUT2D eigenvalue weighted by Crippen LogP contribution is 2.11. The molecule has 0 fully saturated rings.